The molecule has 44 heavy (non-hydrogen) atoms. The second-order valence-electron chi connectivity index (χ2n) is 11.2. The van der Waals surface area contributed by atoms with Crippen LogP contribution in [0.3, 0.4) is 0 Å². The minimum Gasteiger partial charge on any atom is -0.465 e. The number of nitro groups is 1. The molecule has 10 nitrogen and oxygen atoms in total. The van der Waals surface area contributed by atoms with Crippen molar-refractivity contribution >= 4 is 21.8 Å². The van der Waals surface area contributed by atoms with Gasteiger partial charge in [-0.15, -0.1) is 0 Å². The second-order valence-corrected chi connectivity index (χ2v) is 13.2. The number of likely N-dealkylation sites (N-methyl/N-ethyl adjacent to an activating group) is 1. The number of hydrogen-bond acceptors (Lipinski definition) is 6. The van der Waals surface area contributed by atoms with Crippen LogP contribution < -0.4 is 0 Å². The zero-order valence-electron chi connectivity index (χ0n) is 24.9. The van der Waals surface area contributed by atoms with E-state index in [4.69, 9.17) is 0 Å². The minimum atomic E-state index is -3.59. The summed E-state index contributed by atoms with van der Waals surface area (Å²) in [5, 5.41) is 20.5. The summed E-state index contributed by atoms with van der Waals surface area (Å²) in [6, 6.07) is 24.5. The molecular formula is C33H40N4O6S. The van der Waals surface area contributed by atoms with Crippen molar-refractivity contribution < 1.29 is 23.2 Å². The van der Waals surface area contributed by atoms with Crippen LogP contribution in [-0.4, -0.2) is 78.4 Å². The van der Waals surface area contributed by atoms with E-state index in [1.807, 2.05) is 24.3 Å². The van der Waals surface area contributed by atoms with Gasteiger partial charge in [-0.05, 0) is 74.0 Å². The molecule has 0 aromatic heterocycles. The Morgan fingerprint density at radius 1 is 1.02 bits per heavy atom. The van der Waals surface area contributed by atoms with E-state index < -0.39 is 21.0 Å². The van der Waals surface area contributed by atoms with Crippen LogP contribution in [0.5, 0.6) is 0 Å². The zero-order valence-corrected chi connectivity index (χ0v) is 25.8. The normalized spacial score (nSPS) is 15.4. The maximum absolute atomic E-state index is 13.2. The first-order chi connectivity index (χ1) is 21.1. The van der Waals surface area contributed by atoms with Crippen LogP contribution in [0.15, 0.2) is 102 Å². The first-order valence-corrected chi connectivity index (χ1v) is 16.2. The molecule has 0 saturated carbocycles. The Kier molecular flexibility index (Phi) is 11.6. The molecule has 11 heteroatoms. The van der Waals surface area contributed by atoms with E-state index in [1.165, 1.54) is 21.3 Å². The van der Waals surface area contributed by atoms with Crippen LogP contribution in [0.25, 0.3) is 0 Å². The van der Waals surface area contributed by atoms with Crippen LogP contribution in [-0.2, 0) is 16.6 Å². The van der Waals surface area contributed by atoms with Crippen LogP contribution in [0.1, 0.15) is 36.3 Å². The van der Waals surface area contributed by atoms with E-state index in [0.29, 0.717) is 22.9 Å². The number of amides is 1. The molecule has 0 bridgehead atoms. The highest BCUT2D eigenvalue weighted by Gasteiger charge is 2.26. The lowest BCUT2D eigenvalue weighted by molar-refractivity contribution is -0.384. The Labute approximate surface area is 259 Å². The SMILES string of the molecule is CN(CC(CCN1CCC(C=CCN(Cc2ccc([N+](=O)[O-])cc2)C(=O)O)CC1)c1ccccc1)S(=O)(=O)c1ccccc1. The summed E-state index contributed by atoms with van der Waals surface area (Å²) in [6.07, 6.45) is 5.70. The smallest absolute Gasteiger partial charge is 0.407 e. The van der Waals surface area contributed by atoms with Gasteiger partial charge in [0.15, 0.2) is 0 Å². The van der Waals surface area contributed by atoms with Crippen LogP contribution in [0.2, 0.25) is 0 Å². The molecule has 1 aliphatic heterocycles. The molecule has 1 saturated heterocycles. The van der Waals surface area contributed by atoms with Crippen molar-refractivity contribution in [1.82, 2.24) is 14.1 Å². The summed E-state index contributed by atoms with van der Waals surface area (Å²) in [5.41, 5.74) is 1.79. The lowest BCUT2D eigenvalue weighted by Gasteiger charge is -2.32. The van der Waals surface area contributed by atoms with E-state index in [9.17, 15) is 28.4 Å². The Bertz CT molecular complexity index is 1490. The fourth-order valence-corrected chi connectivity index (χ4v) is 6.75. The van der Waals surface area contributed by atoms with E-state index in [2.05, 4.69) is 23.1 Å². The number of rotatable bonds is 14. The van der Waals surface area contributed by atoms with Gasteiger partial charge in [-0.2, -0.15) is 0 Å². The molecule has 0 radical (unpaired) electrons. The minimum absolute atomic E-state index is 0.0270. The molecule has 3 aromatic carbocycles. The van der Waals surface area contributed by atoms with Crippen molar-refractivity contribution in [3.63, 3.8) is 0 Å². The van der Waals surface area contributed by atoms with E-state index in [-0.39, 0.29) is 24.7 Å². The highest BCUT2D eigenvalue weighted by molar-refractivity contribution is 7.89. The Balaban J connectivity index is 1.27. The Morgan fingerprint density at radius 2 is 1.64 bits per heavy atom. The van der Waals surface area contributed by atoms with Crippen molar-refractivity contribution in [3.8, 4) is 0 Å². The highest BCUT2D eigenvalue weighted by atomic mass is 32.2. The van der Waals surface area contributed by atoms with Gasteiger partial charge >= 0.3 is 6.09 Å². The van der Waals surface area contributed by atoms with Gasteiger partial charge in [0.1, 0.15) is 0 Å². The van der Waals surface area contributed by atoms with E-state index >= 15 is 0 Å². The summed E-state index contributed by atoms with van der Waals surface area (Å²) < 4.78 is 27.8. The average molecular weight is 621 g/mol. The fraction of sp³-hybridized carbons (Fsp3) is 0.364. The van der Waals surface area contributed by atoms with Gasteiger partial charge < -0.3 is 14.9 Å². The number of nitro benzene ring substituents is 1. The van der Waals surface area contributed by atoms with Gasteiger partial charge in [0.2, 0.25) is 10.0 Å². The topological polar surface area (TPSA) is 124 Å². The first-order valence-electron chi connectivity index (χ1n) is 14.8. The fourth-order valence-electron chi connectivity index (χ4n) is 5.51. The van der Waals surface area contributed by atoms with Gasteiger partial charge in [0, 0.05) is 38.8 Å². The molecule has 1 aliphatic rings. The number of likely N-dealkylation sites (tertiary alicyclic amines) is 1. The third-order valence-electron chi connectivity index (χ3n) is 8.15. The Morgan fingerprint density at radius 3 is 2.23 bits per heavy atom. The number of nitrogens with zero attached hydrogens (tertiary/aromatic N) is 4. The second kappa shape index (κ2) is 15.6. The summed E-state index contributed by atoms with van der Waals surface area (Å²) in [5.74, 6) is 0.406. The third-order valence-corrected chi connectivity index (χ3v) is 9.99. The molecule has 1 unspecified atom stereocenters. The largest absolute Gasteiger partial charge is 0.465 e. The quantitative estimate of drug-likeness (QED) is 0.136. The van der Waals surface area contributed by atoms with Gasteiger partial charge in [-0.3, -0.25) is 10.1 Å². The van der Waals surface area contributed by atoms with Gasteiger partial charge in [-0.25, -0.2) is 17.5 Å². The number of sulfonamides is 1. The number of carboxylic acid groups (broad SMARTS) is 1. The van der Waals surface area contributed by atoms with Gasteiger partial charge in [-0.1, -0.05) is 72.8 Å². The molecule has 1 heterocycles. The molecule has 1 atom stereocenters. The number of hydrogen-bond donors (Lipinski definition) is 1. The van der Waals surface area contributed by atoms with Crippen molar-refractivity contribution in [1.29, 1.82) is 0 Å². The number of allylic oxidation sites excluding steroid dienone is 1. The highest BCUT2D eigenvalue weighted by Crippen LogP contribution is 2.26. The molecule has 3 aromatic rings. The maximum Gasteiger partial charge on any atom is 0.407 e. The predicted molar refractivity (Wildman–Crippen MR) is 170 cm³/mol. The molecule has 0 spiro atoms. The zero-order chi connectivity index (χ0) is 31.5. The van der Waals surface area contributed by atoms with Crippen LogP contribution in [0.4, 0.5) is 10.5 Å². The molecule has 1 N–H and O–H groups in total. The average Bonchev–Trinajstić information content (AvgIpc) is 3.04. The molecule has 234 valence electrons. The van der Waals surface area contributed by atoms with Crippen LogP contribution in [0, 0.1) is 16.0 Å². The van der Waals surface area contributed by atoms with Gasteiger partial charge in [0.25, 0.3) is 5.69 Å². The Hall–Kier alpha value is -4.06. The molecule has 1 amide bonds. The van der Waals surface area contributed by atoms with E-state index in [0.717, 1.165) is 44.5 Å². The lowest BCUT2D eigenvalue weighted by atomic mass is 9.93. The number of non-ortho nitro benzene ring substituents is 1. The predicted octanol–water partition coefficient (Wildman–Crippen LogP) is 5.84. The van der Waals surface area contributed by atoms with Crippen molar-refractivity contribution in [3.05, 3.63) is 118 Å². The number of carbonyl (C=O) groups is 1. The van der Waals surface area contributed by atoms with Crippen molar-refractivity contribution in [2.45, 2.75) is 36.6 Å². The van der Waals surface area contributed by atoms with Crippen molar-refractivity contribution in [2.75, 3.05) is 39.8 Å². The summed E-state index contributed by atoms with van der Waals surface area (Å²) in [6.45, 7) is 3.48. The molecule has 4 rings (SSSR count). The molecular weight excluding hydrogens is 580 g/mol. The standard InChI is InChI=1S/C33H40N4O6S/c1-34(44(42,43)32-12-6-3-7-13-32)26-30(29-10-4-2-5-11-29)20-24-35-22-18-27(19-23-35)9-8-21-36(33(38)39)25-28-14-16-31(17-15-28)37(40)41/h2-17,27,30H,18-26H2,1H3,(H,38,39). The third kappa shape index (κ3) is 9.22. The number of benzene rings is 3. The maximum atomic E-state index is 13.2. The van der Waals surface area contributed by atoms with Crippen molar-refractivity contribution in [2.24, 2.45) is 5.92 Å². The molecule has 0 aliphatic carbocycles. The number of piperidine rings is 1. The van der Waals surface area contributed by atoms with Gasteiger partial charge in [0.05, 0.1) is 9.82 Å². The molecule has 1 fully saturated rings. The lowest BCUT2D eigenvalue weighted by Crippen LogP contribution is -2.36. The van der Waals surface area contributed by atoms with Crippen LogP contribution >= 0.6 is 0 Å². The summed E-state index contributed by atoms with van der Waals surface area (Å²) in [4.78, 5) is 26.1. The van der Waals surface area contributed by atoms with E-state index in [1.54, 1.807) is 49.5 Å². The summed E-state index contributed by atoms with van der Waals surface area (Å²) in [7, 11) is -1.94. The first kappa shape index (κ1) is 32.8. The monoisotopic (exact) mass is 620 g/mol. The summed E-state index contributed by atoms with van der Waals surface area (Å²) >= 11 is 0.